The van der Waals surface area contributed by atoms with Crippen molar-refractivity contribution in [2.45, 2.75) is 26.7 Å². The molecule has 0 fully saturated rings. The highest BCUT2D eigenvalue weighted by Crippen LogP contribution is 2.27. The smallest absolute Gasteiger partial charge is 0.306 e. The zero-order valence-corrected chi connectivity index (χ0v) is 13.1. The fourth-order valence-corrected chi connectivity index (χ4v) is 2.23. The van der Waals surface area contributed by atoms with Gasteiger partial charge in [-0.05, 0) is 43.5 Å². The van der Waals surface area contributed by atoms with Gasteiger partial charge < -0.3 is 14.6 Å². The second-order valence-electron chi connectivity index (χ2n) is 5.14. The van der Waals surface area contributed by atoms with Crippen LogP contribution in [0.4, 0.5) is 4.39 Å². The molecule has 5 heteroatoms. The van der Waals surface area contributed by atoms with Gasteiger partial charge in [-0.25, -0.2) is 4.39 Å². The molecule has 0 aliphatic carbocycles. The van der Waals surface area contributed by atoms with Crippen LogP contribution < -0.4 is 4.74 Å². The summed E-state index contributed by atoms with van der Waals surface area (Å²) >= 11 is 0. The van der Waals surface area contributed by atoms with E-state index in [1.54, 1.807) is 13.0 Å². The number of esters is 1. The maximum absolute atomic E-state index is 13.2. The molecule has 2 rings (SSSR count). The molecule has 2 aromatic rings. The van der Waals surface area contributed by atoms with Crippen LogP contribution in [0.15, 0.2) is 36.4 Å². The van der Waals surface area contributed by atoms with Crippen LogP contribution in [0.25, 0.3) is 0 Å². The van der Waals surface area contributed by atoms with Crippen LogP contribution in [0, 0.1) is 12.7 Å². The summed E-state index contributed by atoms with van der Waals surface area (Å²) in [6.45, 7) is 4.07. The maximum atomic E-state index is 13.2. The fourth-order valence-electron chi connectivity index (χ4n) is 2.23. The molecular weight excluding hydrogens is 299 g/mol. The Balaban J connectivity index is 2.05. The first-order valence-corrected chi connectivity index (χ1v) is 7.40. The molecular formula is C18H19FO4. The molecule has 0 aliphatic heterocycles. The summed E-state index contributed by atoms with van der Waals surface area (Å²) in [6, 6.07) is 8.97. The lowest BCUT2D eigenvalue weighted by Gasteiger charge is -2.10. The second kappa shape index (κ2) is 7.63. The van der Waals surface area contributed by atoms with Gasteiger partial charge in [0.25, 0.3) is 0 Å². The van der Waals surface area contributed by atoms with Crippen molar-refractivity contribution >= 4 is 5.97 Å². The van der Waals surface area contributed by atoms with Crippen molar-refractivity contribution < 1.29 is 23.8 Å². The number of aromatic hydroxyl groups is 1. The molecule has 0 saturated heterocycles. The lowest BCUT2D eigenvalue weighted by molar-refractivity contribution is -0.143. The maximum Gasteiger partial charge on any atom is 0.306 e. The average Bonchev–Trinajstić information content (AvgIpc) is 2.45. The van der Waals surface area contributed by atoms with E-state index in [9.17, 15) is 14.3 Å². The largest absolute Gasteiger partial charge is 0.508 e. The number of phenolic OH excluding ortho intramolecular Hbond substituents is 1. The van der Waals surface area contributed by atoms with Crippen molar-refractivity contribution in [3.05, 3.63) is 53.3 Å². The molecule has 0 heterocycles. The molecule has 1 N–H and O–H groups in total. The Bertz CT molecular complexity index is 677. The zero-order chi connectivity index (χ0) is 16.8. The lowest BCUT2D eigenvalue weighted by Crippen LogP contribution is -2.05. The number of phenols is 1. The average molecular weight is 318 g/mol. The first kappa shape index (κ1) is 16.8. The Morgan fingerprint density at radius 1 is 1.17 bits per heavy atom. The van der Waals surface area contributed by atoms with Gasteiger partial charge in [-0.2, -0.15) is 0 Å². The summed E-state index contributed by atoms with van der Waals surface area (Å²) in [4.78, 5) is 11.4. The van der Waals surface area contributed by atoms with E-state index in [-0.39, 0.29) is 17.5 Å². The topological polar surface area (TPSA) is 55.8 Å². The van der Waals surface area contributed by atoms with Crippen molar-refractivity contribution in [3.63, 3.8) is 0 Å². The van der Waals surface area contributed by atoms with Gasteiger partial charge in [0.1, 0.15) is 23.1 Å². The van der Waals surface area contributed by atoms with Crippen LogP contribution in [-0.4, -0.2) is 17.7 Å². The van der Waals surface area contributed by atoms with Gasteiger partial charge in [-0.3, -0.25) is 4.79 Å². The van der Waals surface area contributed by atoms with Crippen LogP contribution >= 0.6 is 0 Å². The van der Waals surface area contributed by atoms with Crippen LogP contribution in [0.3, 0.4) is 0 Å². The molecule has 2 aromatic carbocycles. The van der Waals surface area contributed by atoms with Crippen LogP contribution in [0.2, 0.25) is 0 Å². The van der Waals surface area contributed by atoms with E-state index in [0.29, 0.717) is 25.2 Å². The minimum Gasteiger partial charge on any atom is -0.508 e. The lowest BCUT2D eigenvalue weighted by atomic mass is 10.0. The van der Waals surface area contributed by atoms with Gasteiger partial charge in [-0.1, -0.05) is 6.07 Å². The van der Waals surface area contributed by atoms with Crippen LogP contribution in [0.5, 0.6) is 17.2 Å². The summed E-state index contributed by atoms with van der Waals surface area (Å²) < 4.78 is 23.7. The number of hydrogen-bond donors (Lipinski definition) is 1. The van der Waals surface area contributed by atoms with Gasteiger partial charge in [-0.15, -0.1) is 0 Å². The van der Waals surface area contributed by atoms with E-state index in [1.165, 1.54) is 12.1 Å². The molecule has 0 bridgehead atoms. The third kappa shape index (κ3) is 4.98. The van der Waals surface area contributed by atoms with Gasteiger partial charge >= 0.3 is 5.97 Å². The Morgan fingerprint density at radius 3 is 2.61 bits per heavy atom. The van der Waals surface area contributed by atoms with E-state index in [2.05, 4.69) is 0 Å². The van der Waals surface area contributed by atoms with Crippen molar-refractivity contribution in [2.75, 3.05) is 6.61 Å². The van der Waals surface area contributed by atoms with Gasteiger partial charge in [0.2, 0.25) is 0 Å². The summed E-state index contributed by atoms with van der Waals surface area (Å²) in [7, 11) is 0. The quantitative estimate of drug-likeness (QED) is 0.814. The number of benzene rings is 2. The third-order valence-electron chi connectivity index (χ3n) is 3.31. The number of rotatable bonds is 6. The Labute approximate surface area is 134 Å². The standard InChI is InChI=1S/C18H19FO4/c1-3-22-18(21)7-5-13-4-6-16(8-12(13)2)23-17-10-14(19)9-15(20)11-17/h4,6,8-11,20H,3,5,7H2,1-2H3. The summed E-state index contributed by atoms with van der Waals surface area (Å²) in [5.41, 5.74) is 1.99. The number of carbonyl (C=O) groups is 1. The summed E-state index contributed by atoms with van der Waals surface area (Å²) in [5, 5.41) is 9.37. The van der Waals surface area contributed by atoms with E-state index >= 15 is 0 Å². The molecule has 0 unspecified atom stereocenters. The van der Waals surface area contributed by atoms with E-state index in [1.807, 2.05) is 19.1 Å². The van der Waals surface area contributed by atoms with Gasteiger partial charge in [0.15, 0.2) is 0 Å². The summed E-state index contributed by atoms with van der Waals surface area (Å²) in [6.07, 6.45) is 0.915. The highest BCUT2D eigenvalue weighted by molar-refractivity contribution is 5.69. The van der Waals surface area contributed by atoms with E-state index < -0.39 is 5.82 Å². The molecule has 0 amide bonds. The van der Waals surface area contributed by atoms with Crippen molar-refractivity contribution in [2.24, 2.45) is 0 Å². The van der Waals surface area contributed by atoms with Crippen molar-refractivity contribution in [1.29, 1.82) is 0 Å². The van der Waals surface area contributed by atoms with Crippen LogP contribution in [-0.2, 0) is 16.0 Å². The number of aryl methyl sites for hydroxylation is 2. The molecule has 0 radical (unpaired) electrons. The highest BCUT2D eigenvalue weighted by Gasteiger charge is 2.07. The normalized spacial score (nSPS) is 10.4. The first-order valence-electron chi connectivity index (χ1n) is 7.40. The van der Waals surface area contributed by atoms with E-state index in [0.717, 1.165) is 17.2 Å². The van der Waals surface area contributed by atoms with E-state index in [4.69, 9.17) is 9.47 Å². The molecule has 0 atom stereocenters. The molecule has 0 saturated carbocycles. The Morgan fingerprint density at radius 2 is 1.96 bits per heavy atom. The number of halogens is 1. The third-order valence-corrected chi connectivity index (χ3v) is 3.31. The molecule has 122 valence electrons. The number of ether oxygens (including phenoxy) is 2. The minimum atomic E-state index is -0.567. The number of hydrogen-bond acceptors (Lipinski definition) is 4. The second-order valence-corrected chi connectivity index (χ2v) is 5.14. The zero-order valence-electron chi connectivity index (χ0n) is 13.1. The minimum absolute atomic E-state index is 0.192. The predicted molar refractivity (Wildman–Crippen MR) is 84.3 cm³/mol. The molecule has 0 aromatic heterocycles. The molecule has 4 nitrogen and oxygen atoms in total. The number of carbonyl (C=O) groups excluding carboxylic acids is 1. The Hall–Kier alpha value is -2.56. The van der Waals surface area contributed by atoms with Gasteiger partial charge in [0, 0.05) is 24.6 Å². The molecule has 0 aliphatic rings. The molecule has 0 spiro atoms. The monoisotopic (exact) mass is 318 g/mol. The van der Waals surface area contributed by atoms with Crippen molar-refractivity contribution in [3.8, 4) is 17.2 Å². The SMILES string of the molecule is CCOC(=O)CCc1ccc(Oc2cc(O)cc(F)c2)cc1C. The van der Waals surface area contributed by atoms with Gasteiger partial charge in [0.05, 0.1) is 6.61 Å². The summed E-state index contributed by atoms with van der Waals surface area (Å²) in [5.74, 6) is -0.221. The Kier molecular flexibility index (Phi) is 5.57. The molecule has 23 heavy (non-hydrogen) atoms. The highest BCUT2D eigenvalue weighted by atomic mass is 19.1. The fraction of sp³-hybridized carbons (Fsp3) is 0.278. The first-order chi connectivity index (χ1) is 11.0. The predicted octanol–water partition coefficient (Wildman–Crippen LogP) is 4.13. The van der Waals surface area contributed by atoms with Crippen molar-refractivity contribution in [1.82, 2.24) is 0 Å². The van der Waals surface area contributed by atoms with Crippen LogP contribution in [0.1, 0.15) is 24.5 Å².